The first-order valence-electron chi connectivity index (χ1n) is 7.18. The van der Waals surface area contributed by atoms with Crippen LogP contribution in [0.3, 0.4) is 0 Å². The normalized spacial score (nSPS) is 16.9. The Balaban J connectivity index is 2.25. The van der Waals surface area contributed by atoms with Crippen LogP contribution in [0.5, 0.6) is 5.75 Å². The Morgan fingerprint density at radius 1 is 1.32 bits per heavy atom. The molecule has 2 rings (SSSR count). The molecular weight excluding hydrogens is 302 g/mol. The summed E-state index contributed by atoms with van der Waals surface area (Å²) in [6.07, 6.45) is 3.67. The molecule has 0 aromatic heterocycles. The number of ether oxygens (including phenoxy) is 1. The molecule has 0 spiro atoms. The molecule has 0 unspecified atom stereocenters. The van der Waals surface area contributed by atoms with Crippen LogP contribution in [-0.2, 0) is 6.42 Å². The third-order valence-electron chi connectivity index (χ3n) is 3.98. The summed E-state index contributed by atoms with van der Waals surface area (Å²) >= 11 is 3.65. The Labute approximate surface area is 125 Å². The average molecular weight is 326 g/mol. The molecule has 1 saturated heterocycles. The van der Waals surface area contributed by atoms with Crippen LogP contribution < -0.4 is 10.1 Å². The van der Waals surface area contributed by atoms with Crippen molar-refractivity contribution in [1.82, 2.24) is 5.32 Å². The van der Waals surface area contributed by atoms with Gasteiger partial charge < -0.3 is 10.1 Å². The summed E-state index contributed by atoms with van der Waals surface area (Å²) in [5.41, 5.74) is 2.74. The molecule has 106 valence electrons. The van der Waals surface area contributed by atoms with E-state index in [2.05, 4.69) is 47.2 Å². The van der Waals surface area contributed by atoms with E-state index in [0.717, 1.165) is 35.7 Å². The van der Waals surface area contributed by atoms with E-state index in [0.29, 0.717) is 5.92 Å². The van der Waals surface area contributed by atoms with Crippen LogP contribution in [0, 0.1) is 5.92 Å². The van der Waals surface area contributed by atoms with E-state index in [1.807, 2.05) is 0 Å². The summed E-state index contributed by atoms with van der Waals surface area (Å²) in [6, 6.07) is 4.52. The fraction of sp³-hybridized carbons (Fsp3) is 0.625. The monoisotopic (exact) mass is 325 g/mol. The van der Waals surface area contributed by atoms with Gasteiger partial charge in [-0.05, 0) is 77.3 Å². The smallest absolute Gasteiger partial charge is 0.136 e. The largest absolute Gasteiger partial charge is 0.495 e. The number of hydrogen-bond acceptors (Lipinski definition) is 2. The maximum atomic E-state index is 5.59. The quantitative estimate of drug-likeness (QED) is 0.898. The molecule has 1 aromatic carbocycles. The lowest BCUT2D eigenvalue weighted by molar-refractivity contribution is 0.360. The maximum Gasteiger partial charge on any atom is 0.136 e. The van der Waals surface area contributed by atoms with Crippen LogP contribution >= 0.6 is 15.9 Å². The Hall–Kier alpha value is -0.540. The number of nitrogens with one attached hydrogen (secondary N) is 1. The van der Waals surface area contributed by atoms with Crippen LogP contribution in [0.25, 0.3) is 0 Å². The van der Waals surface area contributed by atoms with Crippen LogP contribution in [0.2, 0.25) is 0 Å². The summed E-state index contributed by atoms with van der Waals surface area (Å²) in [5.74, 6) is 2.35. The van der Waals surface area contributed by atoms with Crippen LogP contribution in [0.15, 0.2) is 16.6 Å². The first kappa shape index (κ1) is 14.9. The third-order valence-corrected chi connectivity index (χ3v) is 4.57. The SMILES string of the molecule is COc1c(Br)cc(C(C)C)cc1CC1CCNCC1. The molecule has 1 heterocycles. The Morgan fingerprint density at radius 3 is 2.58 bits per heavy atom. The molecule has 3 heteroatoms. The molecule has 1 aromatic rings. The molecule has 1 N–H and O–H groups in total. The predicted octanol–water partition coefficient (Wildman–Crippen LogP) is 4.12. The molecule has 1 aliphatic heterocycles. The minimum Gasteiger partial charge on any atom is -0.495 e. The van der Waals surface area contributed by atoms with Crippen LogP contribution in [0.4, 0.5) is 0 Å². The standard InChI is InChI=1S/C16H24BrNO/c1-11(2)13-9-14(16(19-3)15(17)10-13)8-12-4-6-18-7-5-12/h9-12,18H,4-8H2,1-3H3. The summed E-state index contributed by atoms with van der Waals surface area (Å²) < 4.78 is 6.68. The van der Waals surface area contributed by atoms with Crippen molar-refractivity contribution in [2.45, 2.75) is 39.0 Å². The molecule has 0 amide bonds. The predicted molar refractivity (Wildman–Crippen MR) is 84.1 cm³/mol. The lowest BCUT2D eigenvalue weighted by Gasteiger charge is -2.24. The molecular formula is C16H24BrNO. The zero-order valence-corrected chi connectivity index (χ0v) is 13.7. The summed E-state index contributed by atoms with van der Waals surface area (Å²) in [5, 5.41) is 3.43. The fourth-order valence-electron chi connectivity index (χ4n) is 2.78. The lowest BCUT2D eigenvalue weighted by Crippen LogP contribution is -2.28. The van der Waals surface area contributed by atoms with Gasteiger partial charge in [-0.25, -0.2) is 0 Å². The van der Waals surface area contributed by atoms with E-state index in [1.165, 1.54) is 24.0 Å². The Bertz CT molecular complexity index is 425. The molecule has 0 saturated carbocycles. The second-order valence-corrected chi connectivity index (χ2v) is 6.60. The van der Waals surface area contributed by atoms with Crippen molar-refractivity contribution in [2.24, 2.45) is 5.92 Å². The number of halogens is 1. The number of benzene rings is 1. The highest BCUT2D eigenvalue weighted by Gasteiger charge is 2.18. The van der Waals surface area contributed by atoms with Gasteiger partial charge in [0.1, 0.15) is 5.75 Å². The van der Waals surface area contributed by atoms with E-state index in [9.17, 15) is 0 Å². The zero-order valence-electron chi connectivity index (χ0n) is 12.1. The van der Waals surface area contributed by atoms with Crippen molar-refractivity contribution < 1.29 is 4.74 Å². The fourth-order valence-corrected chi connectivity index (χ4v) is 3.46. The van der Waals surface area contributed by atoms with Crippen molar-refractivity contribution >= 4 is 15.9 Å². The van der Waals surface area contributed by atoms with Crippen molar-refractivity contribution in [3.63, 3.8) is 0 Å². The number of rotatable bonds is 4. The minimum atomic E-state index is 0.550. The van der Waals surface area contributed by atoms with E-state index in [1.54, 1.807) is 7.11 Å². The van der Waals surface area contributed by atoms with Gasteiger partial charge in [-0.15, -0.1) is 0 Å². The second-order valence-electron chi connectivity index (χ2n) is 5.75. The van der Waals surface area contributed by atoms with Gasteiger partial charge in [0.25, 0.3) is 0 Å². The highest BCUT2D eigenvalue weighted by atomic mass is 79.9. The molecule has 0 bridgehead atoms. The summed E-state index contributed by atoms with van der Waals surface area (Å²) in [6.45, 7) is 6.78. The molecule has 1 fully saturated rings. The highest BCUT2D eigenvalue weighted by Crippen LogP contribution is 2.35. The van der Waals surface area contributed by atoms with Gasteiger partial charge in [-0.3, -0.25) is 0 Å². The van der Waals surface area contributed by atoms with Gasteiger partial charge in [-0.2, -0.15) is 0 Å². The van der Waals surface area contributed by atoms with Gasteiger partial charge >= 0.3 is 0 Å². The van der Waals surface area contributed by atoms with E-state index in [-0.39, 0.29) is 0 Å². The first-order valence-corrected chi connectivity index (χ1v) is 7.98. The summed E-state index contributed by atoms with van der Waals surface area (Å²) in [4.78, 5) is 0. The van der Waals surface area contributed by atoms with Crippen LogP contribution in [-0.4, -0.2) is 20.2 Å². The number of methoxy groups -OCH3 is 1. The van der Waals surface area contributed by atoms with Crippen LogP contribution in [0.1, 0.15) is 43.7 Å². The maximum absolute atomic E-state index is 5.59. The van der Waals surface area contributed by atoms with Crippen molar-refractivity contribution in [3.05, 3.63) is 27.7 Å². The minimum absolute atomic E-state index is 0.550. The van der Waals surface area contributed by atoms with Gasteiger partial charge in [0.05, 0.1) is 11.6 Å². The molecule has 0 radical (unpaired) electrons. The van der Waals surface area contributed by atoms with E-state index in [4.69, 9.17) is 4.74 Å². The van der Waals surface area contributed by atoms with Gasteiger partial charge in [-0.1, -0.05) is 19.9 Å². The zero-order chi connectivity index (χ0) is 13.8. The topological polar surface area (TPSA) is 21.3 Å². The van der Waals surface area contributed by atoms with Crippen molar-refractivity contribution in [1.29, 1.82) is 0 Å². The second kappa shape index (κ2) is 6.76. The van der Waals surface area contributed by atoms with Gasteiger partial charge in [0.2, 0.25) is 0 Å². The first-order chi connectivity index (χ1) is 9.11. The van der Waals surface area contributed by atoms with E-state index >= 15 is 0 Å². The van der Waals surface area contributed by atoms with Crippen molar-refractivity contribution in [2.75, 3.05) is 20.2 Å². The Kier molecular flexibility index (Phi) is 5.28. The molecule has 0 atom stereocenters. The molecule has 0 aliphatic carbocycles. The number of hydrogen-bond donors (Lipinski definition) is 1. The van der Waals surface area contributed by atoms with Gasteiger partial charge in [0, 0.05) is 0 Å². The molecule has 2 nitrogen and oxygen atoms in total. The lowest BCUT2D eigenvalue weighted by atomic mass is 9.89. The average Bonchev–Trinajstić information content (AvgIpc) is 2.39. The summed E-state index contributed by atoms with van der Waals surface area (Å²) in [7, 11) is 1.76. The Morgan fingerprint density at radius 2 is 2.00 bits per heavy atom. The van der Waals surface area contributed by atoms with Crippen molar-refractivity contribution in [3.8, 4) is 5.75 Å². The van der Waals surface area contributed by atoms with Gasteiger partial charge in [0.15, 0.2) is 0 Å². The molecule has 1 aliphatic rings. The van der Waals surface area contributed by atoms with E-state index < -0.39 is 0 Å². The third kappa shape index (κ3) is 3.73. The molecule has 19 heavy (non-hydrogen) atoms. The number of piperidine rings is 1. The highest BCUT2D eigenvalue weighted by molar-refractivity contribution is 9.10.